The largest absolute Gasteiger partial charge is 0.494 e. The van der Waals surface area contributed by atoms with Crippen molar-refractivity contribution < 1.29 is 4.74 Å². The van der Waals surface area contributed by atoms with E-state index in [2.05, 4.69) is 4.98 Å². The molecule has 3 rings (SSSR count). The Hall–Kier alpha value is -1.78. The number of hydrogen-bond acceptors (Lipinski definition) is 2. The fourth-order valence-electron chi connectivity index (χ4n) is 2.22. The fourth-order valence-corrected chi connectivity index (χ4v) is 2.79. The van der Waals surface area contributed by atoms with Crippen LogP contribution in [0.1, 0.15) is 6.92 Å². The number of imidazole rings is 1. The van der Waals surface area contributed by atoms with Crippen LogP contribution in [0.5, 0.6) is 5.75 Å². The van der Waals surface area contributed by atoms with Gasteiger partial charge in [0.15, 0.2) is 4.77 Å². The fraction of sp³-hybridized carbons (Fsp3) is 0.133. The maximum atomic E-state index is 6.29. The molecule has 0 bridgehead atoms. The molecule has 0 radical (unpaired) electrons. The SMILES string of the molecule is CCOc1ccc(-n2c(=S)[nH]c3cccc(Cl)c32)cc1. The molecule has 1 heterocycles. The summed E-state index contributed by atoms with van der Waals surface area (Å²) >= 11 is 11.7. The summed E-state index contributed by atoms with van der Waals surface area (Å²) in [5.74, 6) is 0.841. The highest BCUT2D eigenvalue weighted by molar-refractivity contribution is 7.71. The van der Waals surface area contributed by atoms with E-state index >= 15 is 0 Å². The highest BCUT2D eigenvalue weighted by Crippen LogP contribution is 2.27. The Morgan fingerprint density at radius 3 is 2.65 bits per heavy atom. The van der Waals surface area contributed by atoms with E-state index in [4.69, 9.17) is 28.6 Å². The molecule has 1 aromatic heterocycles. The van der Waals surface area contributed by atoms with Gasteiger partial charge in [-0.25, -0.2) is 0 Å². The highest BCUT2D eigenvalue weighted by atomic mass is 35.5. The lowest BCUT2D eigenvalue weighted by molar-refractivity contribution is 0.340. The molecule has 5 heteroatoms. The second-order valence-electron chi connectivity index (χ2n) is 4.33. The number of aromatic amines is 1. The lowest BCUT2D eigenvalue weighted by Gasteiger charge is -2.07. The number of nitrogens with zero attached hydrogens (tertiary/aromatic N) is 1. The minimum atomic E-state index is 0.622. The lowest BCUT2D eigenvalue weighted by atomic mass is 10.2. The van der Waals surface area contributed by atoms with Crippen molar-refractivity contribution in [3.63, 3.8) is 0 Å². The molecule has 3 aromatic rings. The van der Waals surface area contributed by atoms with Crippen LogP contribution < -0.4 is 4.74 Å². The van der Waals surface area contributed by atoms with Gasteiger partial charge in [-0.05, 0) is 55.5 Å². The zero-order valence-corrected chi connectivity index (χ0v) is 12.5. The number of fused-ring (bicyclic) bond motifs is 1. The van der Waals surface area contributed by atoms with E-state index in [1.807, 2.05) is 54.0 Å². The molecule has 2 aromatic carbocycles. The zero-order valence-electron chi connectivity index (χ0n) is 10.9. The number of rotatable bonds is 3. The quantitative estimate of drug-likeness (QED) is 0.708. The molecule has 1 N–H and O–H groups in total. The molecule has 0 aliphatic heterocycles. The molecule has 0 aliphatic rings. The van der Waals surface area contributed by atoms with Gasteiger partial charge in [-0.2, -0.15) is 0 Å². The van der Waals surface area contributed by atoms with Gasteiger partial charge in [-0.1, -0.05) is 17.7 Å². The third kappa shape index (κ3) is 2.21. The van der Waals surface area contributed by atoms with Crippen molar-refractivity contribution in [1.82, 2.24) is 9.55 Å². The smallest absolute Gasteiger partial charge is 0.182 e. The standard InChI is InChI=1S/C15H13ClN2OS/c1-2-19-11-8-6-10(7-9-11)18-14-12(16)4-3-5-13(14)17-15(18)20/h3-9H,2H2,1H3,(H,17,20). The summed E-state index contributed by atoms with van der Waals surface area (Å²) in [5, 5.41) is 0.670. The summed E-state index contributed by atoms with van der Waals surface area (Å²) < 4.78 is 8.01. The van der Waals surface area contributed by atoms with Crippen LogP contribution >= 0.6 is 23.8 Å². The number of para-hydroxylation sites is 1. The van der Waals surface area contributed by atoms with Gasteiger partial charge in [0, 0.05) is 5.69 Å². The van der Waals surface area contributed by atoms with E-state index in [1.54, 1.807) is 0 Å². The first-order valence-electron chi connectivity index (χ1n) is 6.33. The molecule has 0 fully saturated rings. The molecular weight excluding hydrogens is 292 g/mol. The monoisotopic (exact) mass is 304 g/mol. The summed E-state index contributed by atoms with van der Waals surface area (Å²) in [6, 6.07) is 13.5. The number of ether oxygens (including phenoxy) is 1. The second-order valence-corrected chi connectivity index (χ2v) is 5.12. The van der Waals surface area contributed by atoms with Crippen molar-refractivity contribution in [2.45, 2.75) is 6.92 Å². The number of nitrogens with one attached hydrogen (secondary N) is 1. The minimum Gasteiger partial charge on any atom is -0.494 e. The summed E-state index contributed by atoms with van der Waals surface area (Å²) in [7, 11) is 0. The predicted octanol–water partition coefficient (Wildman–Crippen LogP) is 4.74. The van der Waals surface area contributed by atoms with Gasteiger partial charge in [0.25, 0.3) is 0 Å². The number of halogens is 1. The van der Waals surface area contributed by atoms with E-state index in [1.165, 1.54) is 0 Å². The topological polar surface area (TPSA) is 29.9 Å². The Balaban J connectivity index is 2.19. The number of aromatic nitrogens is 2. The van der Waals surface area contributed by atoms with Crippen LogP contribution in [0.3, 0.4) is 0 Å². The second kappa shape index (κ2) is 5.31. The first-order valence-corrected chi connectivity index (χ1v) is 7.12. The Kier molecular flexibility index (Phi) is 3.51. The van der Waals surface area contributed by atoms with Crippen molar-refractivity contribution in [2.24, 2.45) is 0 Å². The lowest BCUT2D eigenvalue weighted by Crippen LogP contribution is -1.96. The molecule has 102 valence electrons. The molecular formula is C15H13ClN2OS. The molecule has 0 saturated carbocycles. The van der Waals surface area contributed by atoms with E-state index in [0.29, 0.717) is 16.4 Å². The van der Waals surface area contributed by atoms with Crippen molar-refractivity contribution >= 4 is 34.9 Å². The summed E-state index contributed by atoms with van der Waals surface area (Å²) in [6.07, 6.45) is 0. The van der Waals surface area contributed by atoms with Gasteiger partial charge in [0.2, 0.25) is 0 Å². The molecule has 0 unspecified atom stereocenters. The zero-order chi connectivity index (χ0) is 14.1. The summed E-state index contributed by atoms with van der Waals surface area (Å²) in [5.41, 5.74) is 2.78. The van der Waals surface area contributed by atoms with E-state index < -0.39 is 0 Å². The average Bonchev–Trinajstić information content (AvgIpc) is 2.78. The van der Waals surface area contributed by atoms with Crippen molar-refractivity contribution in [2.75, 3.05) is 6.61 Å². The normalized spacial score (nSPS) is 10.9. The van der Waals surface area contributed by atoms with Crippen molar-refractivity contribution in [3.8, 4) is 11.4 Å². The molecule has 0 saturated heterocycles. The highest BCUT2D eigenvalue weighted by Gasteiger charge is 2.09. The van der Waals surface area contributed by atoms with Crippen LogP contribution in [0, 0.1) is 4.77 Å². The first-order chi connectivity index (χ1) is 9.70. The van der Waals surface area contributed by atoms with Crippen molar-refractivity contribution in [1.29, 1.82) is 0 Å². The molecule has 20 heavy (non-hydrogen) atoms. The van der Waals surface area contributed by atoms with Crippen molar-refractivity contribution in [3.05, 3.63) is 52.3 Å². The number of hydrogen-bond donors (Lipinski definition) is 1. The number of benzene rings is 2. The molecule has 0 amide bonds. The van der Waals surface area contributed by atoms with Gasteiger partial charge in [-0.15, -0.1) is 0 Å². The maximum absolute atomic E-state index is 6.29. The third-order valence-corrected chi connectivity index (χ3v) is 3.65. The Labute approximate surface area is 126 Å². The number of H-pyrrole nitrogens is 1. The van der Waals surface area contributed by atoms with Gasteiger partial charge in [-0.3, -0.25) is 4.57 Å². The van der Waals surface area contributed by atoms with Crippen LogP contribution in [0.2, 0.25) is 5.02 Å². The summed E-state index contributed by atoms with van der Waals surface area (Å²) in [6.45, 7) is 2.61. The maximum Gasteiger partial charge on any atom is 0.182 e. The Morgan fingerprint density at radius 1 is 1.20 bits per heavy atom. The van der Waals surface area contributed by atoms with Gasteiger partial charge in [0.1, 0.15) is 5.75 Å². The third-order valence-electron chi connectivity index (χ3n) is 3.06. The first kappa shape index (κ1) is 13.2. The molecule has 3 nitrogen and oxygen atoms in total. The van der Waals surface area contributed by atoms with Crippen LogP contribution in [0.25, 0.3) is 16.7 Å². The molecule has 0 spiro atoms. The Bertz CT molecular complexity index is 805. The average molecular weight is 305 g/mol. The molecule has 0 aliphatic carbocycles. The predicted molar refractivity (Wildman–Crippen MR) is 84.6 cm³/mol. The van der Waals surface area contributed by atoms with Gasteiger partial charge >= 0.3 is 0 Å². The van der Waals surface area contributed by atoms with Crippen LogP contribution in [-0.2, 0) is 0 Å². The van der Waals surface area contributed by atoms with E-state index in [0.717, 1.165) is 22.5 Å². The van der Waals surface area contributed by atoms with Gasteiger partial charge in [0.05, 0.1) is 22.7 Å². The van der Waals surface area contributed by atoms with Gasteiger partial charge < -0.3 is 9.72 Å². The van der Waals surface area contributed by atoms with Crippen LogP contribution in [0.15, 0.2) is 42.5 Å². The minimum absolute atomic E-state index is 0.622. The van der Waals surface area contributed by atoms with Crippen LogP contribution in [-0.4, -0.2) is 16.2 Å². The summed E-state index contributed by atoms with van der Waals surface area (Å²) in [4.78, 5) is 3.17. The van der Waals surface area contributed by atoms with E-state index in [-0.39, 0.29) is 0 Å². The van der Waals surface area contributed by atoms with Crippen LogP contribution in [0.4, 0.5) is 0 Å². The Morgan fingerprint density at radius 2 is 1.95 bits per heavy atom. The molecule has 0 atom stereocenters. The van der Waals surface area contributed by atoms with E-state index in [9.17, 15) is 0 Å².